The van der Waals surface area contributed by atoms with Crippen LogP contribution in [0.5, 0.6) is 0 Å². The fourth-order valence-corrected chi connectivity index (χ4v) is 3.76. The van der Waals surface area contributed by atoms with Crippen molar-refractivity contribution in [2.24, 2.45) is 11.3 Å². The molecule has 1 N–H and O–H groups in total. The van der Waals surface area contributed by atoms with E-state index in [1.165, 1.54) is 0 Å². The summed E-state index contributed by atoms with van der Waals surface area (Å²) >= 11 is 0. The summed E-state index contributed by atoms with van der Waals surface area (Å²) in [4.78, 5) is 35.1. The van der Waals surface area contributed by atoms with Crippen LogP contribution in [0.1, 0.15) is 43.1 Å². The summed E-state index contributed by atoms with van der Waals surface area (Å²) in [7, 11) is 0. The standard InChI is InChI=1S/C21H21N5O2/c1-2-17(27)16-4-3-5-18(24-16)25-19-12-15(8-10-23-19)26-11-9-21(13-22,20(26)28)14-6-7-14/h3-5,8,10,12,14H,2,6-7,9,11H2,1H3,(H,23,24,25)/t21-/m1/s1. The third-order valence-corrected chi connectivity index (χ3v) is 5.50. The zero-order valence-electron chi connectivity index (χ0n) is 15.7. The van der Waals surface area contributed by atoms with Crippen LogP contribution < -0.4 is 10.2 Å². The minimum absolute atomic E-state index is 0.0269. The van der Waals surface area contributed by atoms with E-state index in [4.69, 9.17) is 0 Å². The molecule has 1 aliphatic heterocycles. The Bertz CT molecular complexity index is 979. The van der Waals surface area contributed by atoms with Crippen LogP contribution in [-0.2, 0) is 4.79 Å². The highest BCUT2D eigenvalue weighted by atomic mass is 16.2. The average molecular weight is 375 g/mol. The number of carbonyl (C=O) groups excluding carboxylic acids is 2. The lowest BCUT2D eigenvalue weighted by Gasteiger charge is -2.21. The van der Waals surface area contributed by atoms with E-state index in [1.807, 2.05) is 0 Å². The van der Waals surface area contributed by atoms with Crippen molar-refractivity contribution >= 4 is 29.0 Å². The van der Waals surface area contributed by atoms with E-state index < -0.39 is 5.41 Å². The Morgan fingerprint density at radius 2 is 2.18 bits per heavy atom. The highest BCUT2D eigenvalue weighted by Crippen LogP contribution is 2.51. The van der Waals surface area contributed by atoms with Crippen LogP contribution in [0.2, 0.25) is 0 Å². The van der Waals surface area contributed by atoms with Crippen LogP contribution in [0.15, 0.2) is 36.5 Å². The third kappa shape index (κ3) is 3.11. The predicted octanol–water partition coefficient (Wildman–Crippen LogP) is 3.47. The molecule has 0 aromatic carbocycles. The predicted molar refractivity (Wildman–Crippen MR) is 104 cm³/mol. The van der Waals surface area contributed by atoms with Gasteiger partial charge in [0.1, 0.15) is 22.7 Å². The molecule has 142 valence electrons. The molecule has 1 atom stereocenters. The zero-order chi connectivity index (χ0) is 19.7. The molecule has 2 fully saturated rings. The molecule has 0 bridgehead atoms. The van der Waals surface area contributed by atoms with Crippen molar-refractivity contribution in [1.82, 2.24) is 9.97 Å². The van der Waals surface area contributed by atoms with Gasteiger partial charge in [0.15, 0.2) is 5.78 Å². The van der Waals surface area contributed by atoms with Crippen molar-refractivity contribution in [3.8, 4) is 6.07 Å². The van der Waals surface area contributed by atoms with Gasteiger partial charge in [0.05, 0.1) is 6.07 Å². The van der Waals surface area contributed by atoms with E-state index >= 15 is 0 Å². The second kappa shape index (κ2) is 7.04. The zero-order valence-corrected chi connectivity index (χ0v) is 15.7. The largest absolute Gasteiger partial charge is 0.325 e. The summed E-state index contributed by atoms with van der Waals surface area (Å²) in [6.45, 7) is 2.33. The molecule has 0 unspecified atom stereocenters. The summed E-state index contributed by atoms with van der Waals surface area (Å²) in [5, 5.41) is 12.7. The van der Waals surface area contributed by atoms with Crippen LogP contribution in [0.4, 0.5) is 17.3 Å². The number of hydrogen-bond acceptors (Lipinski definition) is 6. The molecule has 4 rings (SSSR count). The molecule has 7 heteroatoms. The molecule has 1 saturated heterocycles. The van der Waals surface area contributed by atoms with Crippen molar-refractivity contribution < 1.29 is 9.59 Å². The Hall–Kier alpha value is -3.27. The molecular formula is C21H21N5O2. The van der Waals surface area contributed by atoms with Gasteiger partial charge in [-0.2, -0.15) is 5.26 Å². The van der Waals surface area contributed by atoms with Crippen LogP contribution in [-0.4, -0.2) is 28.2 Å². The minimum atomic E-state index is -0.868. The fraction of sp³-hybridized carbons (Fsp3) is 0.381. The van der Waals surface area contributed by atoms with Crippen molar-refractivity contribution in [2.75, 3.05) is 16.8 Å². The lowest BCUT2D eigenvalue weighted by atomic mass is 9.83. The quantitative estimate of drug-likeness (QED) is 0.776. The maximum Gasteiger partial charge on any atom is 0.247 e. The van der Waals surface area contributed by atoms with Crippen LogP contribution in [0.3, 0.4) is 0 Å². The van der Waals surface area contributed by atoms with Gasteiger partial charge in [-0.1, -0.05) is 13.0 Å². The maximum absolute atomic E-state index is 13.0. The van der Waals surface area contributed by atoms with Crippen LogP contribution in [0, 0.1) is 22.7 Å². The Balaban J connectivity index is 1.55. The smallest absolute Gasteiger partial charge is 0.247 e. The Kier molecular flexibility index (Phi) is 4.55. The van der Waals surface area contributed by atoms with Gasteiger partial charge in [-0.15, -0.1) is 0 Å². The van der Waals surface area contributed by atoms with Gasteiger partial charge in [0, 0.05) is 30.9 Å². The number of rotatable bonds is 6. The van der Waals surface area contributed by atoms with E-state index in [0.717, 1.165) is 12.8 Å². The molecule has 0 spiro atoms. The van der Waals surface area contributed by atoms with Gasteiger partial charge in [0.25, 0.3) is 0 Å². The molecule has 1 saturated carbocycles. The molecule has 2 aliphatic rings. The molecule has 2 aromatic rings. The number of carbonyl (C=O) groups is 2. The van der Waals surface area contributed by atoms with Gasteiger partial charge in [-0.05, 0) is 43.4 Å². The molecular weight excluding hydrogens is 354 g/mol. The maximum atomic E-state index is 13.0. The topological polar surface area (TPSA) is 99.0 Å². The molecule has 0 radical (unpaired) electrons. The van der Waals surface area contributed by atoms with Crippen molar-refractivity contribution in [2.45, 2.75) is 32.6 Å². The molecule has 7 nitrogen and oxygen atoms in total. The number of amides is 1. The Morgan fingerprint density at radius 3 is 2.89 bits per heavy atom. The van der Waals surface area contributed by atoms with Gasteiger partial charge in [-0.25, -0.2) is 9.97 Å². The van der Waals surface area contributed by atoms with Gasteiger partial charge >= 0.3 is 0 Å². The van der Waals surface area contributed by atoms with E-state index in [1.54, 1.807) is 48.4 Å². The molecule has 1 amide bonds. The molecule has 28 heavy (non-hydrogen) atoms. The Labute approximate surface area is 163 Å². The first-order chi connectivity index (χ1) is 13.6. The van der Waals surface area contributed by atoms with E-state index in [2.05, 4.69) is 21.4 Å². The first-order valence-electron chi connectivity index (χ1n) is 9.54. The van der Waals surface area contributed by atoms with Gasteiger partial charge in [0.2, 0.25) is 5.91 Å². The van der Waals surface area contributed by atoms with Crippen molar-refractivity contribution in [3.05, 3.63) is 42.2 Å². The van der Waals surface area contributed by atoms with Gasteiger partial charge in [-0.3, -0.25) is 9.59 Å². The normalized spacial score (nSPS) is 21.4. The summed E-state index contributed by atoms with van der Waals surface area (Å²) < 4.78 is 0. The van der Waals surface area contributed by atoms with Crippen molar-refractivity contribution in [3.63, 3.8) is 0 Å². The summed E-state index contributed by atoms with van der Waals surface area (Å²) in [5.74, 6) is 1.10. The fourth-order valence-electron chi connectivity index (χ4n) is 3.76. The third-order valence-electron chi connectivity index (χ3n) is 5.50. The second-order valence-corrected chi connectivity index (χ2v) is 7.27. The lowest BCUT2D eigenvalue weighted by Crippen LogP contribution is -2.35. The number of Topliss-reactive ketones (excluding diaryl/α,β-unsaturated/α-hetero) is 1. The number of nitriles is 1. The summed E-state index contributed by atoms with van der Waals surface area (Å²) in [5.41, 5.74) is 0.246. The number of ketones is 1. The Morgan fingerprint density at radius 1 is 1.36 bits per heavy atom. The lowest BCUT2D eigenvalue weighted by molar-refractivity contribution is -0.123. The molecule has 2 aromatic heterocycles. The highest BCUT2D eigenvalue weighted by molar-refractivity contribution is 6.02. The SMILES string of the molecule is CCC(=O)c1cccc(Nc2cc(N3CC[C@@](C#N)(C4CC4)C3=O)ccn2)n1. The van der Waals surface area contributed by atoms with E-state index in [-0.39, 0.29) is 17.6 Å². The summed E-state index contributed by atoms with van der Waals surface area (Å²) in [6.07, 6.45) is 4.49. The number of nitrogens with zero attached hydrogens (tertiary/aromatic N) is 4. The van der Waals surface area contributed by atoms with E-state index in [0.29, 0.717) is 42.4 Å². The van der Waals surface area contributed by atoms with Crippen molar-refractivity contribution in [1.29, 1.82) is 5.26 Å². The minimum Gasteiger partial charge on any atom is -0.325 e. The number of aromatic nitrogens is 2. The van der Waals surface area contributed by atoms with Gasteiger partial charge < -0.3 is 10.2 Å². The first-order valence-corrected chi connectivity index (χ1v) is 9.54. The number of nitrogens with one attached hydrogen (secondary N) is 1. The van der Waals surface area contributed by atoms with E-state index in [9.17, 15) is 14.9 Å². The summed E-state index contributed by atoms with van der Waals surface area (Å²) in [6, 6.07) is 11.1. The van der Waals surface area contributed by atoms with Crippen LogP contribution in [0.25, 0.3) is 0 Å². The highest BCUT2D eigenvalue weighted by Gasteiger charge is 2.56. The molecule has 1 aliphatic carbocycles. The first kappa shape index (κ1) is 18.1. The number of hydrogen-bond donors (Lipinski definition) is 1. The number of anilines is 3. The molecule has 3 heterocycles. The van der Waals surface area contributed by atoms with Crippen LogP contribution >= 0.6 is 0 Å². The number of pyridine rings is 2. The second-order valence-electron chi connectivity index (χ2n) is 7.27. The monoisotopic (exact) mass is 375 g/mol. The average Bonchev–Trinajstić information content (AvgIpc) is 3.52.